The monoisotopic (exact) mass is 439 g/mol. The van der Waals surface area contributed by atoms with Crippen LogP contribution < -0.4 is 0 Å². The number of esters is 1. The van der Waals surface area contributed by atoms with Crippen molar-refractivity contribution in [2.24, 2.45) is 5.92 Å². The van der Waals surface area contributed by atoms with E-state index in [0.29, 0.717) is 19.3 Å². The Morgan fingerprint density at radius 1 is 1.12 bits per heavy atom. The van der Waals surface area contributed by atoms with E-state index in [1.807, 2.05) is 60.7 Å². The lowest BCUT2D eigenvalue weighted by atomic mass is 9.83. The lowest BCUT2D eigenvalue weighted by Gasteiger charge is -2.32. The quantitative estimate of drug-likeness (QED) is 0.604. The van der Waals surface area contributed by atoms with Crippen LogP contribution in [0.1, 0.15) is 30.9 Å². The van der Waals surface area contributed by atoms with E-state index in [0.717, 1.165) is 23.1 Å². The maximum absolute atomic E-state index is 13.5. The molecule has 3 atom stereocenters. The predicted molar refractivity (Wildman–Crippen MR) is 118 cm³/mol. The molecule has 1 heterocycles. The van der Waals surface area contributed by atoms with Crippen LogP contribution in [0.4, 0.5) is 4.79 Å². The molecule has 1 saturated heterocycles. The third-order valence-electron chi connectivity index (χ3n) is 5.89. The lowest BCUT2D eigenvalue weighted by Crippen LogP contribution is -2.54. The van der Waals surface area contributed by atoms with Gasteiger partial charge in [-0.15, -0.1) is 0 Å². The SMILES string of the molecule is COC(=O)[C@@](C)(O)[C@@H](CCCc1ccccc1)C(=O)N1C(=O)OC[C@@H]1Cc1ccccc1. The zero-order chi connectivity index (χ0) is 23.1. The van der Waals surface area contributed by atoms with Gasteiger partial charge in [-0.1, -0.05) is 60.7 Å². The fourth-order valence-corrected chi connectivity index (χ4v) is 4.08. The highest BCUT2D eigenvalue weighted by atomic mass is 16.6. The number of ether oxygens (including phenoxy) is 2. The third-order valence-corrected chi connectivity index (χ3v) is 5.89. The summed E-state index contributed by atoms with van der Waals surface area (Å²) in [5, 5.41) is 11.0. The molecule has 1 fully saturated rings. The summed E-state index contributed by atoms with van der Waals surface area (Å²) in [6, 6.07) is 18.7. The van der Waals surface area contributed by atoms with Gasteiger partial charge in [0.25, 0.3) is 0 Å². The first-order valence-corrected chi connectivity index (χ1v) is 10.7. The molecule has 7 heteroatoms. The molecule has 2 amide bonds. The maximum atomic E-state index is 13.5. The van der Waals surface area contributed by atoms with Crippen LogP contribution in [0.25, 0.3) is 0 Å². The van der Waals surface area contributed by atoms with Crippen molar-refractivity contribution in [1.29, 1.82) is 0 Å². The summed E-state index contributed by atoms with van der Waals surface area (Å²) in [4.78, 5) is 39.4. The summed E-state index contributed by atoms with van der Waals surface area (Å²) >= 11 is 0. The van der Waals surface area contributed by atoms with Crippen LogP contribution in [-0.2, 0) is 31.9 Å². The highest BCUT2D eigenvalue weighted by molar-refractivity contribution is 5.98. The molecule has 0 spiro atoms. The normalized spacial score (nSPS) is 18.5. The molecule has 2 aromatic rings. The van der Waals surface area contributed by atoms with E-state index in [4.69, 9.17) is 9.47 Å². The smallest absolute Gasteiger partial charge is 0.416 e. The number of carbonyl (C=O) groups excluding carboxylic acids is 3. The summed E-state index contributed by atoms with van der Waals surface area (Å²) in [5.74, 6) is -2.69. The van der Waals surface area contributed by atoms with Gasteiger partial charge in [-0.05, 0) is 43.7 Å². The molecule has 0 unspecified atom stereocenters. The van der Waals surface area contributed by atoms with Crippen LogP contribution in [0, 0.1) is 5.92 Å². The standard InChI is InChI=1S/C25H29NO6/c1-25(30,23(28)31-2)21(15-9-14-18-10-5-3-6-11-18)22(27)26-20(17-32-24(26)29)16-19-12-7-4-8-13-19/h3-8,10-13,20-21,30H,9,14-17H2,1-2H3/t20-,21-,25-/m0/s1. The van der Waals surface area contributed by atoms with Gasteiger partial charge in [0.1, 0.15) is 6.61 Å². The van der Waals surface area contributed by atoms with Crippen molar-refractivity contribution in [1.82, 2.24) is 4.90 Å². The molecule has 0 aliphatic carbocycles. The molecule has 1 N–H and O–H groups in total. The van der Waals surface area contributed by atoms with Crippen LogP contribution in [0.15, 0.2) is 60.7 Å². The molecule has 32 heavy (non-hydrogen) atoms. The van der Waals surface area contributed by atoms with E-state index < -0.39 is 35.5 Å². The maximum Gasteiger partial charge on any atom is 0.416 e. The second-order valence-electron chi connectivity index (χ2n) is 8.20. The van der Waals surface area contributed by atoms with E-state index in [9.17, 15) is 19.5 Å². The molecule has 0 aromatic heterocycles. The van der Waals surface area contributed by atoms with Crippen molar-refractivity contribution < 1.29 is 29.0 Å². The van der Waals surface area contributed by atoms with E-state index in [1.165, 1.54) is 6.92 Å². The Bertz CT molecular complexity index is 928. The van der Waals surface area contributed by atoms with Gasteiger partial charge in [-0.3, -0.25) is 4.79 Å². The number of nitrogens with zero attached hydrogens (tertiary/aromatic N) is 1. The fourth-order valence-electron chi connectivity index (χ4n) is 4.08. The van der Waals surface area contributed by atoms with Crippen LogP contribution >= 0.6 is 0 Å². The minimum Gasteiger partial charge on any atom is -0.467 e. The van der Waals surface area contributed by atoms with Crippen molar-refractivity contribution in [3.8, 4) is 0 Å². The topological polar surface area (TPSA) is 93.1 Å². The Hall–Kier alpha value is -3.19. The van der Waals surface area contributed by atoms with Gasteiger partial charge in [0.15, 0.2) is 5.60 Å². The fraction of sp³-hybridized carbons (Fsp3) is 0.400. The minimum absolute atomic E-state index is 0.0660. The van der Waals surface area contributed by atoms with Crippen molar-refractivity contribution in [2.75, 3.05) is 13.7 Å². The average molecular weight is 440 g/mol. The number of carbonyl (C=O) groups is 3. The molecular weight excluding hydrogens is 410 g/mol. The Balaban J connectivity index is 1.80. The second-order valence-corrected chi connectivity index (χ2v) is 8.20. The van der Waals surface area contributed by atoms with Gasteiger partial charge in [-0.25, -0.2) is 14.5 Å². The molecule has 170 valence electrons. The summed E-state index contributed by atoms with van der Waals surface area (Å²) in [6.07, 6.45) is 1.08. The summed E-state index contributed by atoms with van der Waals surface area (Å²) in [6.45, 7) is 1.33. The van der Waals surface area contributed by atoms with Gasteiger partial charge >= 0.3 is 12.1 Å². The number of methoxy groups -OCH3 is 1. The summed E-state index contributed by atoms with van der Waals surface area (Å²) < 4.78 is 9.91. The zero-order valence-corrected chi connectivity index (χ0v) is 18.4. The molecule has 2 aromatic carbocycles. The number of hydrogen-bond acceptors (Lipinski definition) is 6. The Morgan fingerprint density at radius 3 is 2.31 bits per heavy atom. The number of hydrogen-bond donors (Lipinski definition) is 1. The van der Waals surface area contributed by atoms with Crippen LogP contribution in [0.5, 0.6) is 0 Å². The van der Waals surface area contributed by atoms with Crippen molar-refractivity contribution in [3.63, 3.8) is 0 Å². The zero-order valence-electron chi connectivity index (χ0n) is 18.4. The number of cyclic esters (lactones) is 1. The Labute approximate surface area is 187 Å². The number of amides is 2. The van der Waals surface area contributed by atoms with Crippen molar-refractivity contribution in [3.05, 3.63) is 71.8 Å². The highest BCUT2D eigenvalue weighted by Gasteiger charge is 2.50. The van der Waals surface area contributed by atoms with Crippen LogP contribution in [0.3, 0.4) is 0 Å². The van der Waals surface area contributed by atoms with Gasteiger partial charge < -0.3 is 14.6 Å². The van der Waals surface area contributed by atoms with Gasteiger partial charge in [0.05, 0.1) is 19.1 Å². The first-order valence-electron chi connectivity index (χ1n) is 10.7. The molecule has 0 radical (unpaired) electrons. The highest BCUT2D eigenvalue weighted by Crippen LogP contribution is 2.30. The number of benzene rings is 2. The number of imide groups is 1. The van der Waals surface area contributed by atoms with Gasteiger partial charge in [0, 0.05) is 0 Å². The molecule has 7 nitrogen and oxygen atoms in total. The first kappa shape index (κ1) is 23.5. The Kier molecular flexibility index (Phi) is 7.64. The van der Waals surface area contributed by atoms with Crippen LogP contribution in [0.2, 0.25) is 0 Å². The molecule has 3 rings (SSSR count). The largest absolute Gasteiger partial charge is 0.467 e. The summed E-state index contributed by atoms with van der Waals surface area (Å²) in [5.41, 5.74) is -0.0456. The average Bonchev–Trinajstić information content (AvgIpc) is 3.16. The van der Waals surface area contributed by atoms with Gasteiger partial charge in [-0.2, -0.15) is 0 Å². The molecule has 1 aliphatic heterocycles. The number of aliphatic hydroxyl groups is 1. The molecule has 1 aliphatic rings. The molecule has 0 saturated carbocycles. The number of rotatable bonds is 9. The first-order chi connectivity index (χ1) is 15.3. The minimum atomic E-state index is -2.08. The molecular formula is C25H29NO6. The summed E-state index contributed by atoms with van der Waals surface area (Å²) in [7, 11) is 1.16. The lowest BCUT2D eigenvalue weighted by molar-refractivity contribution is -0.172. The molecule has 0 bridgehead atoms. The van der Waals surface area contributed by atoms with E-state index in [-0.39, 0.29) is 13.0 Å². The van der Waals surface area contributed by atoms with Gasteiger partial charge in [0.2, 0.25) is 5.91 Å². The number of aryl methyl sites for hydroxylation is 1. The van der Waals surface area contributed by atoms with E-state index >= 15 is 0 Å². The van der Waals surface area contributed by atoms with Crippen molar-refractivity contribution in [2.45, 2.75) is 44.2 Å². The third kappa shape index (κ3) is 5.34. The predicted octanol–water partition coefficient (Wildman–Crippen LogP) is 3.14. The van der Waals surface area contributed by atoms with Crippen molar-refractivity contribution >= 4 is 18.0 Å². The second kappa shape index (κ2) is 10.4. The van der Waals surface area contributed by atoms with E-state index in [1.54, 1.807) is 0 Å². The van der Waals surface area contributed by atoms with E-state index in [2.05, 4.69) is 0 Å². The Morgan fingerprint density at radius 2 is 1.72 bits per heavy atom. The van der Waals surface area contributed by atoms with Crippen LogP contribution in [-0.4, -0.2) is 53.3 Å².